The summed E-state index contributed by atoms with van der Waals surface area (Å²) in [4.78, 5) is 16.3. The summed E-state index contributed by atoms with van der Waals surface area (Å²) < 4.78 is 4.97. The Morgan fingerprint density at radius 1 is 1.30 bits per heavy atom. The van der Waals surface area contributed by atoms with Crippen molar-refractivity contribution < 1.29 is 9.53 Å². The Morgan fingerprint density at radius 3 is 2.57 bits per heavy atom. The number of hydrogen-bond donors (Lipinski definition) is 3. The van der Waals surface area contributed by atoms with E-state index in [9.17, 15) is 4.79 Å². The molecule has 132 valence electrons. The molecule has 0 aromatic rings. The highest BCUT2D eigenvalue weighted by atomic mass is 127. The molecule has 1 saturated carbocycles. The number of rotatable bonds is 7. The number of guanidine groups is 1. The van der Waals surface area contributed by atoms with E-state index in [-0.39, 0.29) is 36.1 Å². The second-order valence-corrected chi connectivity index (χ2v) is 5.81. The van der Waals surface area contributed by atoms with Crippen LogP contribution < -0.4 is 16.0 Å². The summed E-state index contributed by atoms with van der Waals surface area (Å²) in [5, 5.41) is 9.65. The lowest BCUT2D eigenvalue weighted by molar-refractivity contribution is 0.147. The third-order valence-electron chi connectivity index (χ3n) is 3.91. The molecule has 7 heteroatoms. The van der Waals surface area contributed by atoms with E-state index < -0.39 is 0 Å². The first kappa shape index (κ1) is 20.1. The second-order valence-electron chi connectivity index (χ2n) is 5.81. The van der Waals surface area contributed by atoms with E-state index in [4.69, 9.17) is 4.74 Å². The number of amides is 1. The van der Waals surface area contributed by atoms with Gasteiger partial charge < -0.3 is 20.7 Å². The molecule has 2 aliphatic carbocycles. The zero-order valence-electron chi connectivity index (χ0n) is 14.0. The maximum Gasteiger partial charge on any atom is 0.407 e. The van der Waals surface area contributed by atoms with E-state index in [0.717, 1.165) is 38.2 Å². The fourth-order valence-electron chi connectivity index (χ4n) is 2.57. The van der Waals surface area contributed by atoms with Crippen molar-refractivity contribution in [2.75, 3.05) is 19.7 Å². The number of carbonyl (C=O) groups is 1. The normalized spacial score (nSPS) is 19.0. The minimum atomic E-state index is -0.340. The van der Waals surface area contributed by atoms with Crippen molar-refractivity contribution >= 4 is 36.0 Å². The molecule has 0 aromatic carbocycles. The molecule has 0 saturated heterocycles. The summed E-state index contributed by atoms with van der Waals surface area (Å²) >= 11 is 0. The van der Waals surface area contributed by atoms with Gasteiger partial charge in [0.25, 0.3) is 0 Å². The molecule has 1 amide bonds. The molecular weight excluding hydrogens is 407 g/mol. The largest absolute Gasteiger partial charge is 0.450 e. The van der Waals surface area contributed by atoms with E-state index in [2.05, 4.69) is 40.0 Å². The van der Waals surface area contributed by atoms with Crippen LogP contribution in [0.1, 0.15) is 39.5 Å². The number of hydrogen-bond acceptors (Lipinski definition) is 3. The molecule has 2 rings (SSSR count). The van der Waals surface area contributed by atoms with Crippen LogP contribution in [0.4, 0.5) is 4.79 Å². The number of halogens is 1. The van der Waals surface area contributed by atoms with Gasteiger partial charge in [-0.2, -0.15) is 0 Å². The average Bonchev–Trinajstić information content (AvgIpc) is 3.21. The zero-order chi connectivity index (χ0) is 15.8. The molecule has 0 aromatic heterocycles. The van der Waals surface area contributed by atoms with Crippen molar-refractivity contribution in [3.8, 4) is 0 Å². The minimum Gasteiger partial charge on any atom is -0.450 e. The molecule has 0 radical (unpaired) electrons. The molecule has 6 nitrogen and oxygen atoms in total. The number of aliphatic imine (C=N–C) groups is 1. The van der Waals surface area contributed by atoms with Crippen molar-refractivity contribution in [1.29, 1.82) is 0 Å². The van der Waals surface area contributed by atoms with Crippen LogP contribution in [-0.2, 0) is 4.74 Å². The summed E-state index contributed by atoms with van der Waals surface area (Å²) in [6.07, 6.45) is 8.43. The smallest absolute Gasteiger partial charge is 0.407 e. The van der Waals surface area contributed by atoms with Crippen LogP contribution in [0.5, 0.6) is 0 Å². The summed E-state index contributed by atoms with van der Waals surface area (Å²) in [6, 6.07) is 0.492. The Bertz CT molecular complexity index is 416. The lowest BCUT2D eigenvalue weighted by Gasteiger charge is -2.19. The Kier molecular flexibility index (Phi) is 9.35. The van der Waals surface area contributed by atoms with Gasteiger partial charge in [0, 0.05) is 12.6 Å². The van der Waals surface area contributed by atoms with Gasteiger partial charge in [0.2, 0.25) is 0 Å². The summed E-state index contributed by atoms with van der Waals surface area (Å²) in [6.45, 7) is 5.67. The van der Waals surface area contributed by atoms with E-state index >= 15 is 0 Å². The number of alkyl carbamates (subject to hydrolysis) is 1. The van der Waals surface area contributed by atoms with Gasteiger partial charge in [-0.25, -0.2) is 4.79 Å². The van der Waals surface area contributed by atoms with Crippen LogP contribution in [0.2, 0.25) is 0 Å². The Labute approximate surface area is 155 Å². The van der Waals surface area contributed by atoms with Gasteiger partial charge in [-0.1, -0.05) is 12.2 Å². The Morgan fingerprint density at radius 2 is 2.00 bits per heavy atom. The Balaban J connectivity index is 0.00000264. The maximum atomic E-state index is 11.6. The first-order valence-electron chi connectivity index (χ1n) is 8.36. The summed E-state index contributed by atoms with van der Waals surface area (Å²) in [5.74, 6) is 1.36. The van der Waals surface area contributed by atoms with Crippen molar-refractivity contribution in [2.45, 2.75) is 51.6 Å². The van der Waals surface area contributed by atoms with Gasteiger partial charge in [0.1, 0.15) is 0 Å². The van der Waals surface area contributed by atoms with Crippen LogP contribution in [0.15, 0.2) is 17.1 Å². The van der Waals surface area contributed by atoms with Gasteiger partial charge in [0.05, 0.1) is 19.2 Å². The molecule has 3 N–H and O–H groups in total. The third kappa shape index (κ3) is 7.41. The topological polar surface area (TPSA) is 74.8 Å². The van der Waals surface area contributed by atoms with E-state index in [0.29, 0.717) is 25.1 Å². The van der Waals surface area contributed by atoms with E-state index in [1.807, 2.05) is 6.92 Å². The summed E-state index contributed by atoms with van der Waals surface area (Å²) in [5.41, 5.74) is 0. The maximum absolute atomic E-state index is 11.6. The van der Waals surface area contributed by atoms with Crippen molar-refractivity contribution in [1.82, 2.24) is 16.0 Å². The fraction of sp³-hybridized carbons (Fsp3) is 0.750. The van der Waals surface area contributed by atoms with Gasteiger partial charge in [-0.05, 0) is 45.4 Å². The average molecular weight is 436 g/mol. The zero-order valence-corrected chi connectivity index (χ0v) is 16.3. The van der Waals surface area contributed by atoms with Gasteiger partial charge in [-0.3, -0.25) is 4.99 Å². The predicted molar refractivity (Wildman–Crippen MR) is 103 cm³/mol. The van der Waals surface area contributed by atoms with Crippen molar-refractivity contribution in [2.24, 2.45) is 10.9 Å². The van der Waals surface area contributed by atoms with Crippen molar-refractivity contribution in [3.63, 3.8) is 0 Å². The van der Waals surface area contributed by atoms with Gasteiger partial charge in [0.15, 0.2) is 5.96 Å². The molecule has 2 aliphatic rings. The molecule has 1 atom stereocenters. The molecular formula is C16H29IN4O2. The number of carbonyl (C=O) groups excluding carboxylic acids is 1. The highest BCUT2D eigenvalue weighted by Gasteiger charge is 2.32. The number of nitrogens with zero attached hydrogens (tertiary/aromatic N) is 1. The first-order valence-corrected chi connectivity index (χ1v) is 8.36. The highest BCUT2D eigenvalue weighted by molar-refractivity contribution is 14.0. The molecule has 0 spiro atoms. The second kappa shape index (κ2) is 10.7. The van der Waals surface area contributed by atoms with Crippen molar-refractivity contribution in [3.05, 3.63) is 12.2 Å². The lowest BCUT2D eigenvalue weighted by atomic mass is 10.2. The van der Waals surface area contributed by atoms with E-state index in [1.165, 1.54) is 0 Å². The van der Waals surface area contributed by atoms with E-state index in [1.54, 1.807) is 0 Å². The number of nitrogens with one attached hydrogen (secondary N) is 3. The monoisotopic (exact) mass is 436 g/mol. The Hall–Kier alpha value is -0.990. The van der Waals surface area contributed by atoms with Crippen LogP contribution in [0, 0.1) is 5.92 Å². The van der Waals surface area contributed by atoms with Gasteiger partial charge in [-0.15, -0.1) is 24.0 Å². The quantitative estimate of drug-likeness (QED) is 0.248. The molecule has 0 aliphatic heterocycles. The van der Waals surface area contributed by atoms with Gasteiger partial charge >= 0.3 is 6.09 Å². The van der Waals surface area contributed by atoms with Crippen LogP contribution >= 0.6 is 24.0 Å². The lowest BCUT2D eigenvalue weighted by Crippen LogP contribution is -2.44. The molecule has 1 fully saturated rings. The SMILES string of the molecule is CCNC(=NCC(NC(=O)OCC)C1CC1)NC1CC=CC1.I. The standard InChI is InChI=1S/C16H28N4O2.HI/c1-3-17-15(19-13-7-5-6-8-13)18-11-14(12-9-10-12)20-16(21)22-4-2;/h5-6,12-14H,3-4,7-11H2,1-2H3,(H,20,21)(H2,17,18,19);1H. The third-order valence-corrected chi connectivity index (χ3v) is 3.91. The van der Waals surface area contributed by atoms with Crippen LogP contribution in [-0.4, -0.2) is 43.8 Å². The minimum absolute atomic E-state index is 0. The molecule has 1 unspecified atom stereocenters. The number of ether oxygens (including phenoxy) is 1. The van der Waals surface area contributed by atoms with Crippen LogP contribution in [0.3, 0.4) is 0 Å². The fourth-order valence-corrected chi connectivity index (χ4v) is 2.57. The molecule has 0 heterocycles. The predicted octanol–water partition coefficient (Wildman–Crippen LogP) is 2.40. The highest BCUT2D eigenvalue weighted by Crippen LogP contribution is 2.32. The first-order chi connectivity index (χ1) is 10.7. The van der Waals surface area contributed by atoms with Crippen LogP contribution in [0.25, 0.3) is 0 Å². The molecule has 23 heavy (non-hydrogen) atoms. The molecule has 0 bridgehead atoms. The summed E-state index contributed by atoms with van der Waals surface area (Å²) in [7, 11) is 0.